The van der Waals surface area contributed by atoms with Gasteiger partial charge >= 0.3 is 0 Å². The lowest BCUT2D eigenvalue weighted by molar-refractivity contribution is 0.243. The lowest BCUT2D eigenvalue weighted by Crippen LogP contribution is -2.05. The molecular weight excluding hydrogens is 246 g/mol. The number of hydrogen-bond acceptors (Lipinski definition) is 2. The van der Waals surface area contributed by atoms with Crippen LogP contribution in [-0.2, 0) is 6.42 Å². The van der Waals surface area contributed by atoms with Gasteiger partial charge in [0.25, 0.3) is 0 Å². The molecule has 1 aromatic heterocycles. The molecule has 0 spiro atoms. The number of aryl methyl sites for hydroxylation is 1. The summed E-state index contributed by atoms with van der Waals surface area (Å²) in [4.78, 5) is 4.61. The number of hydrogen-bond donors (Lipinski definition) is 0. The zero-order chi connectivity index (χ0) is 13.1. The van der Waals surface area contributed by atoms with Crippen molar-refractivity contribution in [3.05, 3.63) is 35.0 Å². The SMILES string of the molecule is CCCc1cc(Cl)c2cc(OC(C)C)ccc2n1. The van der Waals surface area contributed by atoms with E-state index in [4.69, 9.17) is 16.3 Å². The maximum Gasteiger partial charge on any atom is 0.120 e. The molecule has 0 aliphatic rings. The molecule has 18 heavy (non-hydrogen) atoms. The van der Waals surface area contributed by atoms with Crippen LogP contribution in [0, 0.1) is 0 Å². The molecule has 1 aromatic carbocycles. The van der Waals surface area contributed by atoms with E-state index in [1.165, 1.54) is 0 Å². The molecule has 0 aliphatic heterocycles. The van der Waals surface area contributed by atoms with Gasteiger partial charge in [0.2, 0.25) is 0 Å². The second kappa shape index (κ2) is 5.57. The number of aromatic nitrogens is 1. The standard InChI is InChI=1S/C15H18ClNO/c1-4-5-11-8-14(16)13-9-12(18-10(2)3)6-7-15(13)17-11/h6-10H,4-5H2,1-3H3. The van der Waals surface area contributed by atoms with Crippen molar-refractivity contribution in [2.75, 3.05) is 0 Å². The molecule has 0 N–H and O–H groups in total. The Morgan fingerprint density at radius 1 is 1.28 bits per heavy atom. The minimum atomic E-state index is 0.161. The predicted molar refractivity (Wildman–Crippen MR) is 76.5 cm³/mol. The van der Waals surface area contributed by atoms with E-state index >= 15 is 0 Å². The molecule has 2 rings (SSSR count). The number of fused-ring (bicyclic) bond motifs is 1. The van der Waals surface area contributed by atoms with Crippen LogP contribution in [0.3, 0.4) is 0 Å². The molecule has 2 aromatic rings. The summed E-state index contributed by atoms with van der Waals surface area (Å²) in [6.45, 7) is 6.15. The number of pyridine rings is 1. The molecule has 0 aliphatic carbocycles. The summed E-state index contributed by atoms with van der Waals surface area (Å²) < 4.78 is 5.67. The fourth-order valence-corrected chi connectivity index (χ4v) is 2.22. The van der Waals surface area contributed by atoms with E-state index in [1.54, 1.807) is 0 Å². The molecule has 2 nitrogen and oxygen atoms in total. The van der Waals surface area contributed by atoms with Crippen molar-refractivity contribution >= 4 is 22.5 Å². The van der Waals surface area contributed by atoms with E-state index in [-0.39, 0.29) is 6.10 Å². The number of nitrogens with zero attached hydrogens (tertiary/aromatic N) is 1. The lowest BCUT2D eigenvalue weighted by Gasteiger charge is -2.11. The maximum absolute atomic E-state index is 6.31. The van der Waals surface area contributed by atoms with Gasteiger partial charge in [0, 0.05) is 11.1 Å². The van der Waals surface area contributed by atoms with E-state index in [0.717, 1.165) is 40.2 Å². The molecule has 0 fully saturated rings. The van der Waals surface area contributed by atoms with Crippen LogP contribution in [0.2, 0.25) is 5.02 Å². The molecule has 0 unspecified atom stereocenters. The van der Waals surface area contributed by atoms with E-state index < -0.39 is 0 Å². The molecule has 96 valence electrons. The van der Waals surface area contributed by atoms with Crippen LogP contribution in [0.1, 0.15) is 32.9 Å². The molecule has 0 saturated heterocycles. The third kappa shape index (κ3) is 2.94. The highest BCUT2D eigenvalue weighted by Crippen LogP contribution is 2.27. The smallest absolute Gasteiger partial charge is 0.120 e. The summed E-state index contributed by atoms with van der Waals surface area (Å²) in [6.07, 6.45) is 2.19. The van der Waals surface area contributed by atoms with Gasteiger partial charge in [-0.25, -0.2) is 0 Å². The maximum atomic E-state index is 6.31. The summed E-state index contributed by atoms with van der Waals surface area (Å²) >= 11 is 6.31. The third-order valence-electron chi connectivity index (χ3n) is 2.66. The molecule has 0 bridgehead atoms. The zero-order valence-corrected chi connectivity index (χ0v) is 11.8. The first-order valence-electron chi connectivity index (χ1n) is 6.36. The van der Waals surface area contributed by atoms with E-state index in [9.17, 15) is 0 Å². The van der Waals surface area contributed by atoms with Gasteiger partial charge in [0.15, 0.2) is 0 Å². The molecule has 0 amide bonds. The van der Waals surface area contributed by atoms with Crippen molar-refractivity contribution < 1.29 is 4.74 Å². The average molecular weight is 264 g/mol. The zero-order valence-electron chi connectivity index (χ0n) is 11.0. The van der Waals surface area contributed by atoms with E-state index in [0.29, 0.717) is 0 Å². The first-order valence-corrected chi connectivity index (χ1v) is 6.73. The Morgan fingerprint density at radius 2 is 2.06 bits per heavy atom. The highest BCUT2D eigenvalue weighted by molar-refractivity contribution is 6.35. The molecule has 0 radical (unpaired) electrons. The van der Waals surface area contributed by atoms with Crippen LogP contribution in [0.5, 0.6) is 5.75 Å². The van der Waals surface area contributed by atoms with Gasteiger partial charge in [-0.15, -0.1) is 0 Å². The lowest BCUT2D eigenvalue weighted by atomic mass is 10.1. The van der Waals surface area contributed by atoms with E-state index in [2.05, 4.69) is 11.9 Å². The van der Waals surface area contributed by atoms with Crippen molar-refractivity contribution in [1.29, 1.82) is 0 Å². The minimum Gasteiger partial charge on any atom is -0.491 e. The van der Waals surface area contributed by atoms with Crippen LogP contribution >= 0.6 is 11.6 Å². The number of benzene rings is 1. The molecule has 0 saturated carbocycles. The number of rotatable bonds is 4. The Morgan fingerprint density at radius 3 is 2.72 bits per heavy atom. The summed E-state index contributed by atoms with van der Waals surface area (Å²) in [5, 5.41) is 1.70. The molecule has 3 heteroatoms. The molecule has 0 atom stereocenters. The summed E-state index contributed by atoms with van der Waals surface area (Å²) in [5.41, 5.74) is 1.98. The van der Waals surface area contributed by atoms with Gasteiger partial charge in [-0.3, -0.25) is 4.98 Å². The van der Waals surface area contributed by atoms with Crippen LogP contribution in [0.25, 0.3) is 10.9 Å². The first kappa shape index (κ1) is 13.2. The number of ether oxygens (including phenoxy) is 1. The fraction of sp³-hybridized carbons (Fsp3) is 0.400. The number of halogens is 1. The minimum absolute atomic E-state index is 0.161. The van der Waals surface area contributed by atoms with Gasteiger partial charge in [-0.05, 0) is 44.5 Å². The first-order chi connectivity index (χ1) is 8.60. The van der Waals surface area contributed by atoms with Crippen molar-refractivity contribution in [1.82, 2.24) is 4.98 Å². The fourth-order valence-electron chi connectivity index (χ4n) is 1.94. The van der Waals surface area contributed by atoms with Gasteiger partial charge in [0.05, 0.1) is 16.6 Å². The highest BCUT2D eigenvalue weighted by Gasteiger charge is 2.06. The van der Waals surface area contributed by atoms with Crippen LogP contribution < -0.4 is 4.74 Å². The van der Waals surface area contributed by atoms with Crippen molar-refractivity contribution in [2.24, 2.45) is 0 Å². The van der Waals surface area contributed by atoms with Crippen LogP contribution in [-0.4, -0.2) is 11.1 Å². The summed E-state index contributed by atoms with van der Waals surface area (Å²) in [6, 6.07) is 7.83. The van der Waals surface area contributed by atoms with Gasteiger partial charge < -0.3 is 4.74 Å². The van der Waals surface area contributed by atoms with E-state index in [1.807, 2.05) is 38.1 Å². The summed E-state index contributed by atoms with van der Waals surface area (Å²) in [7, 11) is 0. The Kier molecular flexibility index (Phi) is 4.07. The van der Waals surface area contributed by atoms with Crippen molar-refractivity contribution in [2.45, 2.75) is 39.7 Å². The second-order valence-electron chi connectivity index (χ2n) is 4.69. The monoisotopic (exact) mass is 263 g/mol. The largest absolute Gasteiger partial charge is 0.491 e. The van der Waals surface area contributed by atoms with Crippen molar-refractivity contribution in [3.8, 4) is 5.75 Å². The third-order valence-corrected chi connectivity index (χ3v) is 2.97. The Labute approximate surface area is 113 Å². The Hall–Kier alpha value is -1.28. The molecule has 1 heterocycles. The van der Waals surface area contributed by atoms with Gasteiger partial charge in [-0.1, -0.05) is 24.9 Å². The molecular formula is C15H18ClNO. The van der Waals surface area contributed by atoms with Crippen molar-refractivity contribution in [3.63, 3.8) is 0 Å². The summed E-state index contributed by atoms with van der Waals surface area (Å²) in [5.74, 6) is 0.837. The average Bonchev–Trinajstić information content (AvgIpc) is 2.30. The normalized spacial score (nSPS) is 11.2. The quantitative estimate of drug-likeness (QED) is 0.802. The van der Waals surface area contributed by atoms with Gasteiger partial charge in [-0.2, -0.15) is 0 Å². The van der Waals surface area contributed by atoms with Gasteiger partial charge in [0.1, 0.15) is 5.75 Å². The predicted octanol–water partition coefficient (Wildman–Crippen LogP) is 4.63. The highest BCUT2D eigenvalue weighted by atomic mass is 35.5. The Bertz CT molecular complexity index is 551. The second-order valence-corrected chi connectivity index (χ2v) is 5.10. The Balaban J connectivity index is 2.44. The topological polar surface area (TPSA) is 22.1 Å². The van der Waals surface area contributed by atoms with Crippen LogP contribution in [0.15, 0.2) is 24.3 Å². The van der Waals surface area contributed by atoms with Crippen LogP contribution in [0.4, 0.5) is 0 Å².